The first-order valence-corrected chi connectivity index (χ1v) is 13.1. The first-order chi connectivity index (χ1) is 16.6. The molecule has 0 atom stereocenters. The Balaban J connectivity index is 1.40. The van der Waals surface area contributed by atoms with Crippen molar-refractivity contribution < 1.29 is 9.59 Å². The summed E-state index contributed by atoms with van der Waals surface area (Å²) in [7, 11) is 0. The molecule has 0 spiro atoms. The molecule has 170 valence electrons. The molecule has 0 radical (unpaired) electrons. The average Bonchev–Trinajstić information content (AvgIpc) is 2.89. The first-order valence-electron chi connectivity index (χ1n) is 10.7. The maximum atomic E-state index is 12.5. The largest absolute Gasteiger partial charge is 0.322 e. The average molecular weight is 485 g/mol. The lowest BCUT2D eigenvalue weighted by atomic mass is 10.0. The van der Waals surface area contributed by atoms with Gasteiger partial charge in [0.2, 0.25) is 0 Å². The van der Waals surface area contributed by atoms with Crippen molar-refractivity contribution in [1.29, 1.82) is 0 Å². The standard InChI is InChI=1S/C28H24N2O2S2/c1-33-25-7-3-5-21(17-25)27(31)29-23-13-9-19(10-14-23)20-11-15-24(16-12-20)30-28(32)22-6-4-8-26(18-22)34-2/h3-18H,1-2H3,(H,29,31)(H,30,32). The summed E-state index contributed by atoms with van der Waals surface area (Å²) in [5.41, 5.74) is 4.78. The minimum absolute atomic E-state index is 0.133. The van der Waals surface area contributed by atoms with E-state index < -0.39 is 0 Å². The van der Waals surface area contributed by atoms with Gasteiger partial charge < -0.3 is 10.6 Å². The number of hydrogen-bond acceptors (Lipinski definition) is 4. The summed E-state index contributed by atoms with van der Waals surface area (Å²) in [6, 6.07) is 30.5. The first kappa shape index (κ1) is 23.7. The van der Waals surface area contributed by atoms with E-state index in [1.165, 1.54) is 0 Å². The Kier molecular flexibility index (Phi) is 7.72. The van der Waals surface area contributed by atoms with Crippen molar-refractivity contribution >= 4 is 46.7 Å². The van der Waals surface area contributed by atoms with Gasteiger partial charge in [-0.1, -0.05) is 36.4 Å². The second-order valence-corrected chi connectivity index (χ2v) is 9.29. The molecule has 0 heterocycles. The predicted octanol–water partition coefficient (Wildman–Crippen LogP) is 7.30. The fraction of sp³-hybridized carbons (Fsp3) is 0.0714. The molecule has 0 saturated heterocycles. The highest BCUT2D eigenvalue weighted by molar-refractivity contribution is 7.98. The SMILES string of the molecule is CSc1cccc(C(=O)Nc2ccc(-c3ccc(NC(=O)c4cccc(SC)c4)cc3)cc2)c1. The number of hydrogen-bond donors (Lipinski definition) is 2. The zero-order valence-corrected chi connectivity index (χ0v) is 20.5. The van der Waals surface area contributed by atoms with Gasteiger partial charge in [-0.15, -0.1) is 23.5 Å². The van der Waals surface area contributed by atoms with E-state index in [1.807, 2.05) is 110 Å². The zero-order chi connectivity index (χ0) is 23.9. The summed E-state index contributed by atoms with van der Waals surface area (Å²) in [5, 5.41) is 5.89. The molecule has 0 aliphatic rings. The van der Waals surface area contributed by atoms with Crippen molar-refractivity contribution in [3.05, 3.63) is 108 Å². The zero-order valence-electron chi connectivity index (χ0n) is 18.9. The molecule has 0 aliphatic heterocycles. The van der Waals surface area contributed by atoms with Crippen LogP contribution in [0.5, 0.6) is 0 Å². The molecule has 0 aromatic heterocycles. The lowest BCUT2D eigenvalue weighted by Crippen LogP contribution is -2.11. The number of rotatable bonds is 7. The van der Waals surface area contributed by atoms with Gasteiger partial charge in [-0.05, 0) is 84.3 Å². The van der Waals surface area contributed by atoms with E-state index in [0.29, 0.717) is 11.1 Å². The summed E-state index contributed by atoms with van der Waals surface area (Å²) < 4.78 is 0. The van der Waals surface area contributed by atoms with Gasteiger partial charge in [0.15, 0.2) is 0 Å². The molecule has 0 bridgehead atoms. The molecule has 0 aliphatic carbocycles. The summed E-state index contributed by atoms with van der Waals surface area (Å²) >= 11 is 3.21. The highest BCUT2D eigenvalue weighted by Crippen LogP contribution is 2.24. The van der Waals surface area contributed by atoms with Gasteiger partial charge in [-0.25, -0.2) is 0 Å². The van der Waals surface area contributed by atoms with E-state index in [2.05, 4.69) is 10.6 Å². The van der Waals surface area contributed by atoms with Crippen LogP contribution in [0.1, 0.15) is 20.7 Å². The minimum Gasteiger partial charge on any atom is -0.322 e. The number of benzene rings is 4. The van der Waals surface area contributed by atoms with Gasteiger partial charge >= 0.3 is 0 Å². The second-order valence-electron chi connectivity index (χ2n) is 7.53. The quantitative estimate of drug-likeness (QED) is 0.270. The molecular formula is C28H24N2O2S2. The lowest BCUT2D eigenvalue weighted by Gasteiger charge is -2.09. The molecule has 6 heteroatoms. The molecule has 0 saturated carbocycles. The molecule has 0 fully saturated rings. The maximum absolute atomic E-state index is 12.5. The highest BCUT2D eigenvalue weighted by atomic mass is 32.2. The summed E-state index contributed by atoms with van der Waals surface area (Å²) in [4.78, 5) is 27.2. The topological polar surface area (TPSA) is 58.2 Å². The van der Waals surface area contributed by atoms with Crippen LogP contribution in [-0.4, -0.2) is 24.3 Å². The normalized spacial score (nSPS) is 10.5. The maximum Gasteiger partial charge on any atom is 0.255 e. The second kappa shape index (κ2) is 11.1. The van der Waals surface area contributed by atoms with Crippen LogP contribution in [0.2, 0.25) is 0 Å². The molecule has 4 rings (SSSR count). The van der Waals surface area contributed by atoms with E-state index in [0.717, 1.165) is 32.3 Å². The van der Waals surface area contributed by atoms with Crippen LogP contribution in [0.15, 0.2) is 107 Å². The Bertz CT molecular complexity index is 1200. The Morgan fingerprint density at radius 1 is 0.559 bits per heavy atom. The van der Waals surface area contributed by atoms with E-state index in [1.54, 1.807) is 23.5 Å². The molecule has 4 aromatic rings. The van der Waals surface area contributed by atoms with Crippen LogP contribution >= 0.6 is 23.5 Å². The third-order valence-corrected chi connectivity index (χ3v) is 6.73. The summed E-state index contributed by atoms with van der Waals surface area (Å²) in [5.74, 6) is -0.265. The summed E-state index contributed by atoms with van der Waals surface area (Å²) in [6.45, 7) is 0. The van der Waals surface area contributed by atoms with Crippen molar-refractivity contribution in [2.45, 2.75) is 9.79 Å². The van der Waals surface area contributed by atoms with Crippen molar-refractivity contribution in [1.82, 2.24) is 0 Å². The number of carbonyl (C=O) groups excluding carboxylic acids is 2. The van der Waals surface area contributed by atoms with Crippen LogP contribution < -0.4 is 10.6 Å². The van der Waals surface area contributed by atoms with Crippen LogP contribution in [0.3, 0.4) is 0 Å². The molecule has 2 N–H and O–H groups in total. The number of carbonyl (C=O) groups is 2. The fourth-order valence-corrected chi connectivity index (χ4v) is 4.35. The van der Waals surface area contributed by atoms with Gasteiger partial charge in [0.1, 0.15) is 0 Å². The van der Waals surface area contributed by atoms with E-state index in [4.69, 9.17) is 0 Å². The van der Waals surface area contributed by atoms with Gasteiger partial charge in [0.05, 0.1) is 0 Å². The van der Waals surface area contributed by atoms with Gasteiger partial charge in [-0.3, -0.25) is 9.59 Å². The number of thioether (sulfide) groups is 2. The van der Waals surface area contributed by atoms with Crippen molar-refractivity contribution in [3.63, 3.8) is 0 Å². The monoisotopic (exact) mass is 484 g/mol. The Morgan fingerprint density at radius 2 is 0.941 bits per heavy atom. The van der Waals surface area contributed by atoms with Gasteiger partial charge in [0, 0.05) is 32.3 Å². The molecule has 2 amide bonds. The number of anilines is 2. The minimum atomic E-state index is -0.133. The lowest BCUT2D eigenvalue weighted by molar-refractivity contribution is 0.101. The Labute approximate surface area is 208 Å². The molecule has 4 aromatic carbocycles. The Morgan fingerprint density at radius 3 is 1.29 bits per heavy atom. The third-order valence-electron chi connectivity index (χ3n) is 5.28. The van der Waals surface area contributed by atoms with Crippen molar-refractivity contribution in [2.75, 3.05) is 23.1 Å². The summed E-state index contributed by atoms with van der Waals surface area (Å²) in [6.07, 6.45) is 3.97. The van der Waals surface area contributed by atoms with Crippen molar-refractivity contribution in [2.24, 2.45) is 0 Å². The van der Waals surface area contributed by atoms with Crippen molar-refractivity contribution in [3.8, 4) is 11.1 Å². The van der Waals surface area contributed by atoms with Crippen LogP contribution in [0.25, 0.3) is 11.1 Å². The smallest absolute Gasteiger partial charge is 0.255 e. The van der Waals surface area contributed by atoms with E-state index in [-0.39, 0.29) is 11.8 Å². The molecule has 34 heavy (non-hydrogen) atoms. The number of nitrogens with one attached hydrogen (secondary N) is 2. The fourth-order valence-electron chi connectivity index (χ4n) is 3.43. The number of amides is 2. The third kappa shape index (κ3) is 5.90. The predicted molar refractivity (Wildman–Crippen MR) is 144 cm³/mol. The van der Waals surface area contributed by atoms with Gasteiger partial charge in [0.25, 0.3) is 11.8 Å². The van der Waals surface area contributed by atoms with Gasteiger partial charge in [-0.2, -0.15) is 0 Å². The van der Waals surface area contributed by atoms with E-state index in [9.17, 15) is 9.59 Å². The van der Waals surface area contributed by atoms with Crippen LogP contribution in [0, 0.1) is 0 Å². The van der Waals surface area contributed by atoms with Crippen LogP contribution in [0.4, 0.5) is 11.4 Å². The molecular weight excluding hydrogens is 460 g/mol. The van der Waals surface area contributed by atoms with Crippen LogP contribution in [-0.2, 0) is 0 Å². The Hall–Kier alpha value is -3.48. The highest BCUT2D eigenvalue weighted by Gasteiger charge is 2.09. The van der Waals surface area contributed by atoms with E-state index >= 15 is 0 Å². The molecule has 0 unspecified atom stereocenters. The molecule has 4 nitrogen and oxygen atoms in total.